The van der Waals surface area contributed by atoms with Gasteiger partial charge < -0.3 is 5.11 Å². The van der Waals surface area contributed by atoms with E-state index in [2.05, 4.69) is 6.58 Å². The SMILES string of the molecule is C=C(c1ccc(C(=O)O)cc1)c1c(C(F)F)cc2c(c1F)C(C)(C)CCC2(C)C. The van der Waals surface area contributed by atoms with Crippen LogP contribution in [0.4, 0.5) is 13.2 Å². The summed E-state index contributed by atoms with van der Waals surface area (Å²) < 4.78 is 43.8. The van der Waals surface area contributed by atoms with E-state index in [4.69, 9.17) is 5.11 Å². The molecule has 154 valence electrons. The number of fused-ring (bicyclic) bond motifs is 1. The van der Waals surface area contributed by atoms with Gasteiger partial charge in [0.15, 0.2) is 0 Å². The van der Waals surface area contributed by atoms with Gasteiger partial charge in [0.25, 0.3) is 6.43 Å². The molecule has 0 aliphatic heterocycles. The molecular formula is C24H25F3O2. The average Bonchev–Trinajstić information content (AvgIpc) is 2.64. The van der Waals surface area contributed by atoms with Gasteiger partial charge in [-0.05, 0) is 64.1 Å². The molecule has 29 heavy (non-hydrogen) atoms. The van der Waals surface area contributed by atoms with Gasteiger partial charge in [-0.25, -0.2) is 18.0 Å². The van der Waals surface area contributed by atoms with E-state index in [0.29, 0.717) is 16.7 Å². The van der Waals surface area contributed by atoms with E-state index in [1.165, 1.54) is 30.3 Å². The van der Waals surface area contributed by atoms with Crippen molar-refractivity contribution in [2.24, 2.45) is 0 Å². The van der Waals surface area contributed by atoms with Crippen LogP contribution in [-0.4, -0.2) is 11.1 Å². The quantitative estimate of drug-likeness (QED) is 0.606. The van der Waals surface area contributed by atoms with E-state index in [9.17, 15) is 13.6 Å². The van der Waals surface area contributed by atoms with Crippen molar-refractivity contribution in [3.8, 4) is 0 Å². The van der Waals surface area contributed by atoms with E-state index in [-0.39, 0.29) is 22.3 Å². The third kappa shape index (κ3) is 3.59. The van der Waals surface area contributed by atoms with Crippen LogP contribution in [0.3, 0.4) is 0 Å². The van der Waals surface area contributed by atoms with E-state index in [0.717, 1.165) is 12.8 Å². The molecule has 2 nitrogen and oxygen atoms in total. The zero-order valence-electron chi connectivity index (χ0n) is 17.1. The molecular weight excluding hydrogens is 377 g/mol. The van der Waals surface area contributed by atoms with Gasteiger partial charge in [0.1, 0.15) is 5.82 Å². The zero-order chi connectivity index (χ0) is 21.7. The van der Waals surface area contributed by atoms with Crippen LogP contribution < -0.4 is 0 Å². The molecule has 0 bridgehead atoms. The maximum Gasteiger partial charge on any atom is 0.335 e. The Hall–Kier alpha value is -2.56. The largest absolute Gasteiger partial charge is 0.478 e. The minimum absolute atomic E-state index is 0.0597. The highest BCUT2D eigenvalue weighted by Crippen LogP contribution is 2.50. The summed E-state index contributed by atoms with van der Waals surface area (Å²) in [6.45, 7) is 11.7. The number of hydrogen-bond donors (Lipinski definition) is 1. The number of benzene rings is 2. The molecule has 0 fully saturated rings. The molecule has 2 aromatic rings. The van der Waals surface area contributed by atoms with Crippen LogP contribution >= 0.6 is 0 Å². The van der Waals surface area contributed by atoms with Crippen molar-refractivity contribution in [2.75, 3.05) is 0 Å². The smallest absolute Gasteiger partial charge is 0.335 e. The molecule has 0 unspecified atom stereocenters. The molecule has 0 heterocycles. The lowest BCUT2D eigenvalue weighted by atomic mass is 9.62. The van der Waals surface area contributed by atoms with Crippen molar-refractivity contribution in [3.63, 3.8) is 0 Å². The highest BCUT2D eigenvalue weighted by atomic mass is 19.3. The summed E-state index contributed by atoms with van der Waals surface area (Å²) in [7, 11) is 0. The number of carboxylic acids is 1. The van der Waals surface area contributed by atoms with E-state index in [1.54, 1.807) is 0 Å². The van der Waals surface area contributed by atoms with Crippen LogP contribution in [0, 0.1) is 5.82 Å². The topological polar surface area (TPSA) is 37.3 Å². The van der Waals surface area contributed by atoms with Gasteiger partial charge in [0.2, 0.25) is 0 Å². The second-order valence-electron chi connectivity index (χ2n) is 9.01. The Bertz CT molecular complexity index is 986. The van der Waals surface area contributed by atoms with Crippen LogP contribution in [0.1, 0.15) is 85.1 Å². The zero-order valence-corrected chi connectivity index (χ0v) is 17.1. The summed E-state index contributed by atoms with van der Waals surface area (Å²) in [4.78, 5) is 11.1. The first-order valence-corrected chi connectivity index (χ1v) is 9.55. The Labute approximate surface area is 169 Å². The second-order valence-corrected chi connectivity index (χ2v) is 9.01. The number of rotatable bonds is 4. The van der Waals surface area contributed by atoms with Gasteiger partial charge in [-0.3, -0.25) is 0 Å². The van der Waals surface area contributed by atoms with Crippen molar-refractivity contribution in [1.29, 1.82) is 0 Å². The summed E-state index contributed by atoms with van der Waals surface area (Å²) in [5.74, 6) is -1.75. The van der Waals surface area contributed by atoms with Crippen molar-refractivity contribution in [1.82, 2.24) is 0 Å². The van der Waals surface area contributed by atoms with E-state index in [1.807, 2.05) is 27.7 Å². The number of halogens is 3. The summed E-state index contributed by atoms with van der Waals surface area (Å²) in [6, 6.07) is 7.09. The molecule has 0 radical (unpaired) electrons. The van der Waals surface area contributed by atoms with Gasteiger partial charge in [-0.15, -0.1) is 0 Å². The standard InChI is InChI=1S/C24H25F3O2/c1-13(14-6-8-15(9-7-14)22(28)29)18-16(21(26)27)12-17-19(20(18)25)24(4,5)11-10-23(17,2)3/h6-9,12,21H,1,10-11H2,2-5H3,(H,28,29). The second kappa shape index (κ2) is 7.05. The first-order valence-electron chi connectivity index (χ1n) is 9.55. The molecule has 0 atom stereocenters. The highest BCUT2D eigenvalue weighted by molar-refractivity contribution is 5.89. The van der Waals surface area contributed by atoms with Gasteiger partial charge in [-0.2, -0.15) is 0 Å². The predicted molar refractivity (Wildman–Crippen MR) is 108 cm³/mol. The maximum atomic E-state index is 15.9. The maximum absolute atomic E-state index is 15.9. The average molecular weight is 402 g/mol. The number of aromatic carboxylic acids is 1. The number of carbonyl (C=O) groups is 1. The molecule has 1 aliphatic rings. The Balaban J connectivity index is 2.26. The monoisotopic (exact) mass is 402 g/mol. The minimum Gasteiger partial charge on any atom is -0.478 e. The third-order valence-electron chi connectivity index (χ3n) is 6.09. The molecule has 0 amide bonds. The molecule has 0 spiro atoms. The molecule has 0 saturated carbocycles. The van der Waals surface area contributed by atoms with E-state index >= 15 is 4.39 Å². The molecule has 1 N–H and O–H groups in total. The normalized spacial score (nSPS) is 17.1. The number of hydrogen-bond acceptors (Lipinski definition) is 1. The summed E-state index contributed by atoms with van der Waals surface area (Å²) in [5, 5.41) is 9.05. The van der Waals surface area contributed by atoms with Crippen molar-refractivity contribution < 1.29 is 23.1 Å². The fourth-order valence-electron chi connectivity index (χ4n) is 4.19. The summed E-state index contributed by atoms with van der Waals surface area (Å²) >= 11 is 0. The lowest BCUT2D eigenvalue weighted by Gasteiger charge is -2.42. The van der Waals surface area contributed by atoms with Gasteiger partial charge in [0.05, 0.1) is 5.56 Å². The van der Waals surface area contributed by atoms with Crippen LogP contribution in [0.2, 0.25) is 0 Å². The molecule has 0 saturated heterocycles. The third-order valence-corrected chi connectivity index (χ3v) is 6.09. The summed E-state index contributed by atoms with van der Waals surface area (Å²) in [5.41, 5.74) is 0.225. The van der Waals surface area contributed by atoms with Gasteiger partial charge in [-0.1, -0.05) is 46.4 Å². The van der Waals surface area contributed by atoms with Crippen LogP contribution in [0.5, 0.6) is 0 Å². The Morgan fingerprint density at radius 3 is 2.07 bits per heavy atom. The van der Waals surface area contributed by atoms with E-state index < -0.39 is 29.0 Å². The molecule has 1 aliphatic carbocycles. The lowest BCUT2D eigenvalue weighted by molar-refractivity contribution is 0.0697. The fourth-order valence-corrected chi connectivity index (χ4v) is 4.19. The predicted octanol–water partition coefficient (Wildman–Crippen LogP) is 6.87. The fraction of sp³-hybridized carbons (Fsp3) is 0.375. The molecule has 0 aromatic heterocycles. The molecule has 2 aromatic carbocycles. The Morgan fingerprint density at radius 2 is 1.55 bits per heavy atom. The van der Waals surface area contributed by atoms with Crippen molar-refractivity contribution in [2.45, 2.75) is 57.8 Å². The van der Waals surface area contributed by atoms with Gasteiger partial charge in [0, 0.05) is 11.1 Å². The molecule has 3 rings (SSSR count). The Kier molecular flexibility index (Phi) is 5.14. The first kappa shape index (κ1) is 21.2. The lowest BCUT2D eigenvalue weighted by Crippen LogP contribution is -2.35. The van der Waals surface area contributed by atoms with Crippen molar-refractivity contribution in [3.05, 3.63) is 76.1 Å². The van der Waals surface area contributed by atoms with Crippen LogP contribution in [-0.2, 0) is 10.8 Å². The van der Waals surface area contributed by atoms with Crippen molar-refractivity contribution >= 4 is 11.5 Å². The molecule has 5 heteroatoms. The first-order chi connectivity index (χ1) is 13.4. The number of carboxylic acid groups (broad SMARTS) is 1. The van der Waals surface area contributed by atoms with Gasteiger partial charge >= 0.3 is 5.97 Å². The number of alkyl halides is 2. The highest BCUT2D eigenvalue weighted by Gasteiger charge is 2.41. The Morgan fingerprint density at radius 1 is 1.03 bits per heavy atom. The summed E-state index contributed by atoms with van der Waals surface area (Å²) in [6.07, 6.45) is -1.33. The minimum atomic E-state index is -2.86. The van der Waals surface area contributed by atoms with Crippen LogP contribution in [0.15, 0.2) is 36.9 Å². The van der Waals surface area contributed by atoms with Crippen LogP contribution in [0.25, 0.3) is 5.57 Å².